The number of aliphatic hydroxyl groups excluding tert-OH is 1. The van der Waals surface area contributed by atoms with Crippen LogP contribution in [0.2, 0.25) is 0 Å². The first-order chi connectivity index (χ1) is 9.47. The van der Waals surface area contributed by atoms with E-state index in [1.54, 1.807) is 0 Å². The highest BCUT2D eigenvalue weighted by molar-refractivity contribution is 4.95. The van der Waals surface area contributed by atoms with E-state index in [1.165, 1.54) is 51.7 Å². The van der Waals surface area contributed by atoms with Crippen LogP contribution in [0.1, 0.15) is 52.9 Å². The van der Waals surface area contributed by atoms with Gasteiger partial charge in [-0.15, -0.1) is 0 Å². The molecule has 20 heavy (non-hydrogen) atoms. The van der Waals surface area contributed by atoms with E-state index in [2.05, 4.69) is 30.6 Å². The normalized spacial score (nSPS) is 42.6. The van der Waals surface area contributed by atoms with Gasteiger partial charge in [-0.05, 0) is 50.5 Å². The fourth-order valence-corrected chi connectivity index (χ4v) is 4.66. The van der Waals surface area contributed by atoms with Gasteiger partial charge >= 0.3 is 0 Å². The van der Waals surface area contributed by atoms with Crippen molar-refractivity contribution in [2.75, 3.05) is 26.2 Å². The Bertz CT molecular complexity index is 344. The molecule has 3 rings (SSSR count). The average molecular weight is 280 g/mol. The lowest BCUT2D eigenvalue weighted by Crippen LogP contribution is -2.59. The first-order valence-electron chi connectivity index (χ1n) is 8.63. The molecule has 3 aliphatic rings. The van der Waals surface area contributed by atoms with Gasteiger partial charge in [0, 0.05) is 31.7 Å². The molecule has 0 radical (unpaired) electrons. The van der Waals surface area contributed by atoms with E-state index in [9.17, 15) is 5.11 Å². The summed E-state index contributed by atoms with van der Waals surface area (Å²) in [7, 11) is 0. The minimum atomic E-state index is -0.112. The molecule has 3 heteroatoms. The third-order valence-electron chi connectivity index (χ3n) is 6.19. The Labute approximate surface area is 124 Å². The third kappa shape index (κ3) is 2.77. The third-order valence-corrected chi connectivity index (χ3v) is 6.19. The molecule has 0 aromatic rings. The summed E-state index contributed by atoms with van der Waals surface area (Å²) in [5.41, 5.74) is 0.126. The van der Waals surface area contributed by atoms with E-state index in [0.29, 0.717) is 12.0 Å². The molecule has 0 spiro atoms. The van der Waals surface area contributed by atoms with Gasteiger partial charge in [0.2, 0.25) is 0 Å². The number of piperazine rings is 1. The number of hydrogen-bond acceptors (Lipinski definition) is 3. The van der Waals surface area contributed by atoms with Gasteiger partial charge in [-0.1, -0.05) is 20.3 Å². The van der Waals surface area contributed by atoms with E-state index in [4.69, 9.17) is 0 Å². The van der Waals surface area contributed by atoms with Crippen molar-refractivity contribution >= 4 is 0 Å². The van der Waals surface area contributed by atoms with E-state index in [1.807, 2.05) is 0 Å². The van der Waals surface area contributed by atoms with Crippen molar-refractivity contribution < 1.29 is 5.11 Å². The molecule has 4 unspecified atom stereocenters. The molecule has 3 fully saturated rings. The lowest BCUT2D eigenvalue weighted by Gasteiger charge is -2.48. The maximum atomic E-state index is 10.5. The molecule has 1 aliphatic carbocycles. The monoisotopic (exact) mass is 280 g/mol. The van der Waals surface area contributed by atoms with Crippen LogP contribution in [0.4, 0.5) is 0 Å². The molecular formula is C17H32N2O. The summed E-state index contributed by atoms with van der Waals surface area (Å²) in [6, 6.07) is 1.44. The van der Waals surface area contributed by atoms with Gasteiger partial charge in [-0.25, -0.2) is 0 Å². The van der Waals surface area contributed by atoms with Crippen LogP contribution in [-0.4, -0.2) is 59.3 Å². The topological polar surface area (TPSA) is 26.7 Å². The fourth-order valence-electron chi connectivity index (χ4n) is 4.66. The zero-order valence-corrected chi connectivity index (χ0v) is 13.5. The SMILES string of the molecule is CC1CN2CCCCC2CN1CC1CCC(C)(C)C1O. The van der Waals surface area contributed by atoms with Gasteiger partial charge in [-0.2, -0.15) is 0 Å². The largest absolute Gasteiger partial charge is 0.392 e. The smallest absolute Gasteiger partial charge is 0.0631 e. The van der Waals surface area contributed by atoms with Crippen molar-refractivity contribution in [3.05, 3.63) is 0 Å². The van der Waals surface area contributed by atoms with Crippen LogP contribution in [0.15, 0.2) is 0 Å². The molecule has 2 aliphatic heterocycles. The predicted molar refractivity (Wildman–Crippen MR) is 82.8 cm³/mol. The Morgan fingerprint density at radius 1 is 1.15 bits per heavy atom. The molecule has 0 bridgehead atoms. The number of rotatable bonds is 2. The minimum Gasteiger partial charge on any atom is -0.392 e. The molecule has 4 atom stereocenters. The molecule has 2 heterocycles. The van der Waals surface area contributed by atoms with Crippen LogP contribution in [0.25, 0.3) is 0 Å². The predicted octanol–water partition coefficient (Wildman–Crippen LogP) is 2.34. The van der Waals surface area contributed by atoms with Gasteiger partial charge in [0.15, 0.2) is 0 Å². The number of aliphatic hydroxyl groups is 1. The molecular weight excluding hydrogens is 248 g/mol. The van der Waals surface area contributed by atoms with Gasteiger partial charge in [-0.3, -0.25) is 9.80 Å². The molecule has 0 aromatic carbocycles. The van der Waals surface area contributed by atoms with Gasteiger partial charge in [0.25, 0.3) is 0 Å². The highest BCUT2D eigenvalue weighted by Crippen LogP contribution is 2.42. The minimum absolute atomic E-state index is 0.112. The maximum absolute atomic E-state index is 10.5. The van der Waals surface area contributed by atoms with Crippen LogP contribution in [-0.2, 0) is 0 Å². The lowest BCUT2D eigenvalue weighted by molar-refractivity contribution is -0.0155. The average Bonchev–Trinajstić information content (AvgIpc) is 2.67. The molecule has 0 amide bonds. The first kappa shape index (κ1) is 14.8. The van der Waals surface area contributed by atoms with E-state index in [-0.39, 0.29) is 11.5 Å². The zero-order chi connectivity index (χ0) is 14.3. The van der Waals surface area contributed by atoms with Crippen molar-refractivity contribution in [3.8, 4) is 0 Å². The lowest BCUT2D eigenvalue weighted by atomic mass is 9.87. The summed E-state index contributed by atoms with van der Waals surface area (Å²) < 4.78 is 0. The number of fused-ring (bicyclic) bond motifs is 1. The second kappa shape index (κ2) is 5.58. The van der Waals surface area contributed by atoms with Crippen molar-refractivity contribution in [1.82, 2.24) is 9.80 Å². The van der Waals surface area contributed by atoms with Crippen molar-refractivity contribution in [2.45, 2.75) is 71.1 Å². The van der Waals surface area contributed by atoms with Crippen LogP contribution in [0.5, 0.6) is 0 Å². The summed E-state index contributed by atoms with van der Waals surface area (Å²) >= 11 is 0. The Kier molecular flexibility index (Phi) is 4.13. The van der Waals surface area contributed by atoms with E-state index < -0.39 is 0 Å². The Morgan fingerprint density at radius 3 is 2.65 bits per heavy atom. The molecule has 0 aromatic heterocycles. The fraction of sp³-hybridized carbons (Fsp3) is 1.00. The Balaban J connectivity index is 1.60. The standard InChI is InChI=1S/C17H32N2O/c1-13-10-18-9-5-4-6-15(18)12-19(13)11-14-7-8-17(2,3)16(14)20/h13-16,20H,4-12H2,1-3H3. The number of piperidine rings is 1. The Hall–Kier alpha value is -0.120. The molecule has 1 N–H and O–H groups in total. The van der Waals surface area contributed by atoms with Crippen LogP contribution in [0.3, 0.4) is 0 Å². The summed E-state index contributed by atoms with van der Waals surface area (Å²) in [4.78, 5) is 5.38. The highest BCUT2D eigenvalue weighted by atomic mass is 16.3. The maximum Gasteiger partial charge on any atom is 0.0631 e. The van der Waals surface area contributed by atoms with E-state index in [0.717, 1.165) is 12.6 Å². The summed E-state index contributed by atoms with van der Waals surface area (Å²) in [6.45, 7) is 11.7. The van der Waals surface area contributed by atoms with Crippen LogP contribution < -0.4 is 0 Å². The summed E-state index contributed by atoms with van der Waals surface area (Å²) in [5.74, 6) is 0.489. The van der Waals surface area contributed by atoms with Gasteiger partial charge in [0.1, 0.15) is 0 Å². The number of nitrogens with zero attached hydrogens (tertiary/aromatic N) is 2. The van der Waals surface area contributed by atoms with Crippen molar-refractivity contribution in [3.63, 3.8) is 0 Å². The second-order valence-corrected chi connectivity index (χ2v) is 8.18. The second-order valence-electron chi connectivity index (χ2n) is 8.18. The van der Waals surface area contributed by atoms with Crippen LogP contribution >= 0.6 is 0 Å². The van der Waals surface area contributed by atoms with Crippen LogP contribution in [0, 0.1) is 11.3 Å². The van der Waals surface area contributed by atoms with E-state index >= 15 is 0 Å². The number of hydrogen-bond donors (Lipinski definition) is 1. The molecule has 3 nitrogen and oxygen atoms in total. The van der Waals surface area contributed by atoms with Gasteiger partial charge in [0.05, 0.1) is 6.10 Å². The molecule has 1 saturated carbocycles. The Morgan fingerprint density at radius 2 is 1.95 bits per heavy atom. The van der Waals surface area contributed by atoms with Gasteiger partial charge < -0.3 is 5.11 Å². The van der Waals surface area contributed by atoms with Crippen molar-refractivity contribution in [2.24, 2.45) is 11.3 Å². The first-order valence-corrected chi connectivity index (χ1v) is 8.63. The quantitative estimate of drug-likeness (QED) is 0.841. The zero-order valence-electron chi connectivity index (χ0n) is 13.5. The summed E-state index contributed by atoms with van der Waals surface area (Å²) in [5, 5.41) is 10.5. The highest BCUT2D eigenvalue weighted by Gasteiger charge is 2.42. The van der Waals surface area contributed by atoms with Crippen molar-refractivity contribution in [1.29, 1.82) is 0 Å². The summed E-state index contributed by atoms with van der Waals surface area (Å²) in [6.07, 6.45) is 6.44. The molecule has 2 saturated heterocycles. The molecule has 116 valence electrons.